The van der Waals surface area contributed by atoms with Crippen LogP contribution in [0.4, 0.5) is 0 Å². The molecule has 84 valence electrons. The molecule has 0 fully saturated rings. The van der Waals surface area contributed by atoms with Crippen LogP contribution in [0.2, 0.25) is 0 Å². The number of aryl methyl sites for hydroxylation is 3. The molecule has 0 saturated heterocycles. The highest BCUT2D eigenvalue weighted by Crippen LogP contribution is 2.20. The summed E-state index contributed by atoms with van der Waals surface area (Å²) in [5, 5.41) is 0. The van der Waals surface area contributed by atoms with Gasteiger partial charge in [-0.3, -0.25) is 0 Å². The Morgan fingerprint density at radius 2 is 1.81 bits per heavy atom. The molecule has 0 amide bonds. The Balaban J connectivity index is 2.62. The first-order chi connectivity index (χ1) is 7.63. The van der Waals surface area contributed by atoms with Crippen molar-refractivity contribution in [3.8, 4) is 5.69 Å². The van der Waals surface area contributed by atoms with E-state index < -0.39 is 0 Å². The molecule has 0 unspecified atom stereocenters. The van der Waals surface area contributed by atoms with Crippen LogP contribution >= 0.6 is 0 Å². The Morgan fingerprint density at radius 1 is 1.19 bits per heavy atom. The predicted molar refractivity (Wildman–Crippen MR) is 65.7 cm³/mol. The van der Waals surface area contributed by atoms with Crippen LogP contribution in [0.5, 0.6) is 0 Å². The van der Waals surface area contributed by atoms with Crippen LogP contribution in [0, 0.1) is 20.8 Å². The van der Waals surface area contributed by atoms with Crippen LogP contribution in [0.1, 0.15) is 22.6 Å². The predicted octanol–water partition coefficient (Wildman–Crippen LogP) is 2.26. The van der Waals surface area contributed by atoms with Crippen LogP contribution in [0.15, 0.2) is 24.4 Å². The second-order valence-corrected chi connectivity index (χ2v) is 4.09. The van der Waals surface area contributed by atoms with Gasteiger partial charge in [0, 0.05) is 12.7 Å². The van der Waals surface area contributed by atoms with E-state index >= 15 is 0 Å². The van der Waals surface area contributed by atoms with E-state index in [0.29, 0.717) is 6.54 Å². The van der Waals surface area contributed by atoms with E-state index in [1.54, 1.807) is 0 Å². The van der Waals surface area contributed by atoms with Crippen LogP contribution < -0.4 is 5.73 Å². The van der Waals surface area contributed by atoms with Crippen LogP contribution in [0.3, 0.4) is 0 Å². The molecule has 0 aliphatic heterocycles. The van der Waals surface area contributed by atoms with Gasteiger partial charge < -0.3 is 10.3 Å². The molecule has 0 bridgehead atoms. The molecule has 1 aromatic carbocycles. The Bertz CT molecular complexity index is 492. The molecule has 3 heteroatoms. The summed E-state index contributed by atoms with van der Waals surface area (Å²) >= 11 is 0. The first-order valence-corrected chi connectivity index (χ1v) is 5.45. The fraction of sp³-hybridized carbons (Fsp3) is 0.308. The molecule has 0 spiro atoms. The molecule has 1 aromatic heterocycles. The van der Waals surface area contributed by atoms with Crippen molar-refractivity contribution in [3.05, 3.63) is 47.0 Å². The van der Waals surface area contributed by atoms with Gasteiger partial charge in [-0.25, -0.2) is 4.98 Å². The number of para-hydroxylation sites is 1. The van der Waals surface area contributed by atoms with Gasteiger partial charge in [0.2, 0.25) is 0 Å². The van der Waals surface area contributed by atoms with Crippen molar-refractivity contribution in [2.45, 2.75) is 27.3 Å². The fourth-order valence-electron chi connectivity index (χ4n) is 2.04. The quantitative estimate of drug-likeness (QED) is 0.835. The second-order valence-electron chi connectivity index (χ2n) is 4.09. The molecule has 2 N–H and O–H groups in total. The molecule has 0 saturated carbocycles. The highest BCUT2D eigenvalue weighted by atomic mass is 15.1. The lowest BCUT2D eigenvalue weighted by Gasteiger charge is -2.11. The third-order valence-corrected chi connectivity index (χ3v) is 2.82. The average Bonchev–Trinajstić information content (AvgIpc) is 2.60. The first-order valence-electron chi connectivity index (χ1n) is 5.45. The summed E-state index contributed by atoms with van der Waals surface area (Å²) < 4.78 is 2.12. The van der Waals surface area contributed by atoms with Crippen LogP contribution in [0.25, 0.3) is 5.69 Å². The van der Waals surface area contributed by atoms with E-state index in [0.717, 1.165) is 11.5 Å². The summed E-state index contributed by atoms with van der Waals surface area (Å²) in [6, 6.07) is 6.30. The van der Waals surface area contributed by atoms with Gasteiger partial charge in [0.25, 0.3) is 0 Å². The topological polar surface area (TPSA) is 43.8 Å². The summed E-state index contributed by atoms with van der Waals surface area (Å²) in [5.74, 6) is 0.984. The van der Waals surface area contributed by atoms with E-state index in [2.05, 4.69) is 41.6 Å². The summed E-state index contributed by atoms with van der Waals surface area (Å²) in [7, 11) is 0. The molecule has 1 heterocycles. The number of benzene rings is 1. The van der Waals surface area contributed by atoms with Gasteiger partial charge in [-0.15, -0.1) is 0 Å². The molecule has 2 rings (SSSR count). The normalized spacial score (nSPS) is 10.8. The Kier molecular flexibility index (Phi) is 2.79. The summed E-state index contributed by atoms with van der Waals surface area (Å²) in [4.78, 5) is 4.43. The Hall–Kier alpha value is -1.61. The molecule has 0 aliphatic rings. The molecule has 3 nitrogen and oxygen atoms in total. The largest absolute Gasteiger partial charge is 0.325 e. The lowest BCUT2D eigenvalue weighted by molar-refractivity contribution is 0.951. The standard InChI is InChI=1S/C13H17N3/c1-9-5-4-6-10(2)13(9)16-8-12(7-14)15-11(16)3/h4-6,8H,7,14H2,1-3H3. The lowest BCUT2D eigenvalue weighted by atomic mass is 10.1. The van der Waals surface area contributed by atoms with Gasteiger partial charge >= 0.3 is 0 Å². The van der Waals surface area contributed by atoms with Crippen molar-refractivity contribution in [1.29, 1.82) is 0 Å². The van der Waals surface area contributed by atoms with Gasteiger partial charge in [-0.05, 0) is 31.9 Å². The summed E-state index contributed by atoms with van der Waals surface area (Å²) in [6.45, 7) is 6.72. The average molecular weight is 215 g/mol. The van der Waals surface area contributed by atoms with Crippen molar-refractivity contribution >= 4 is 0 Å². The summed E-state index contributed by atoms with van der Waals surface area (Å²) in [6.07, 6.45) is 2.02. The van der Waals surface area contributed by atoms with Gasteiger partial charge in [0.15, 0.2) is 0 Å². The van der Waals surface area contributed by atoms with Gasteiger partial charge in [-0.2, -0.15) is 0 Å². The maximum atomic E-state index is 5.61. The smallest absolute Gasteiger partial charge is 0.110 e. The molecule has 0 aliphatic carbocycles. The van der Waals surface area contributed by atoms with Crippen LogP contribution in [-0.4, -0.2) is 9.55 Å². The van der Waals surface area contributed by atoms with E-state index in [-0.39, 0.29) is 0 Å². The zero-order valence-corrected chi connectivity index (χ0v) is 9.99. The van der Waals surface area contributed by atoms with E-state index in [1.165, 1.54) is 16.8 Å². The molecule has 0 radical (unpaired) electrons. The Labute approximate surface area is 95.9 Å². The van der Waals surface area contributed by atoms with Crippen molar-refractivity contribution < 1.29 is 0 Å². The molecule has 16 heavy (non-hydrogen) atoms. The zero-order chi connectivity index (χ0) is 11.7. The van der Waals surface area contributed by atoms with Crippen molar-refractivity contribution in [2.75, 3.05) is 0 Å². The number of rotatable bonds is 2. The fourth-order valence-corrected chi connectivity index (χ4v) is 2.04. The van der Waals surface area contributed by atoms with Gasteiger partial charge in [-0.1, -0.05) is 18.2 Å². The Morgan fingerprint density at radius 3 is 2.31 bits per heavy atom. The molecular formula is C13H17N3. The minimum absolute atomic E-state index is 0.485. The lowest BCUT2D eigenvalue weighted by Crippen LogP contribution is -2.00. The number of nitrogens with zero attached hydrogens (tertiary/aromatic N) is 2. The third kappa shape index (κ3) is 1.74. The van der Waals surface area contributed by atoms with Crippen molar-refractivity contribution in [2.24, 2.45) is 5.73 Å². The number of hydrogen-bond donors (Lipinski definition) is 1. The number of aromatic nitrogens is 2. The molecular weight excluding hydrogens is 198 g/mol. The SMILES string of the molecule is Cc1cccc(C)c1-n1cc(CN)nc1C. The minimum Gasteiger partial charge on any atom is -0.325 e. The van der Waals surface area contributed by atoms with Crippen LogP contribution in [-0.2, 0) is 6.54 Å². The van der Waals surface area contributed by atoms with Crippen molar-refractivity contribution in [3.63, 3.8) is 0 Å². The molecule has 2 aromatic rings. The maximum Gasteiger partial charge on any atom is 0.110 e. The zero-order valence-electron chi connectivity index (χ0n) is 9.99. The summed E-state index contributed by atoms with van der Waals surface area (Å²) in [5.41, 5.74) is 10.3. The van der Waals surface area contributed by atoms with Gasteiger partial charge in [0.05, 0.1) is 11.4 Å². The number of nitrogens with two attached hydrogens (primary N) is 1. The maximum absolute atomic E-state index is 5.61. The van der Waals surface area contributed by atoms with E-state index in [1.807, 2.05) is 13.1 Å². The highest BCUT2D eigenvalue weighted by molar-refractivity contribution is 5.48. The van der Waals surface area contributed by atoms with Gasteiger partial charge in [0.1, 0.15) is 5.82 Å². The van der Waals surface area contributed by atoms with E-state index in [4.69, 9.17) is 5.73 Å². The monoisotopic (exact) mass is 215 g/mol. The van der Waals surface area contributed by atoms with E-state index in [9.17, 15) is 0 Å². The minimum atomic E-state index is 0.485. The number of hydrogen-bond acceptors (Lipinski definition) is 2. The van der Waals surface area contributed by atoms with Crippen molar-refractivity contribution in [1.82, 2.24) is 9.55 Å². The number of imidazole rings is 1. The first kappa shape index (κ1) is 10.9. The second kappa shape index (κ2) is 4.10. The molecule has 0 atom stereocenters. The third-order valence-electron chi connectivity index (χ3n) is 2.82. The highest BCUT2D eigenvalue weighted by Gasteiger charge is 2.09.